The Balaban J connectivity index is 1.77. The van der Waals surface area contributed by atoms with Gasteiger partial charge in [-0.25, -0.2) is 9.18 Å². The summed E-state index contributed by atoms with van der Waals surface area (Å²) < 4.78 is 15.2. The smallest absolute Gasteiger partial charge is 0.405 e. The number of pyridine rings is 1. The van der Waals surface area contributed by atoms with Gasteiger partial charge in [0, 0.05) is 29.5 Å². The Morgan fingerprint density at radius 1 is 1.13 bits per heavy atom. The van der Waals surface area contributed by atoms with Crippen molar-refractivity contribution in [3.05, 3.63) is 72.2 Å². The van der Waals surface area contributed by atoms with E-state index in [4.69, 9.17) is 5.73 Å². The first-order valence-corrected chi connectivity index (χ1v) is 9.54. The fourth-order valence-electron chi connectivity index (χ4n) is 4.40. The third kappa shape index (κ3) is 3.59. The third-order valence-corrected chi connectivity index (χ3v) is 5.46. The molecule has 0 spiro atoms. The Morgan fingerprint density at radius 3 is 2.43 bits per heavy atom. The van der Waals surface area contributed by atoms with Crippen LogP contribution in [0, 0.1) is 5.82 Å². The fraction of sp³-hybridized carbons (Fsp3) is 0.217. The highest BCUT2D eigenvalue weighted by atomic mass is 19.1. The lowest BCUT2D eigenvalue weighted by Gasteiger charge is -2.51. The van der Waals surface area contributed by atoms with Crippen molar-refractivity contribution in [3.8, 4) is 22.4 Å². The Morgan fingerprint density at radius 2 is 1.83 bits per heavy atom. The highest BCUT2D eigenvalue weighted by molar-refractivity contribution is 5.82. The second-order valence-corrected chi connectivity index (χ2v) is 8.09. The number of rotatable bonds is 4. The number of nitrogens with two attached hydrogens (primary N) is 1. The first-order valence-electron chi connectivity index (χ1n) is 9.54. The van der Waals surface area contributed by atoms with Gasteiger partial charge in [0.25, 0.3) is 0 Å². The quantitative estimate of drug-likeness (QED) is 0.520. The number of aliphatic hydroxyl groups is 1. The van der Waals surface area contributed by atoms with Crippen molar-refractivity contribution in [2.45, 2.75) is 30.9 Å². The van der Waals surface area contributed by atoms with Crippen molar-refractivity contribution in [2.24, 2.45) is 0 Å². The van der Waals surface area contributed by atoms with E-state index in [1.54, 1.807) is 25.1 Å². The summed E-state index contributed by atoms with van der Waals surface area (Å²) in [7, 11) is 0. The molecular formula is C23H22FN3O3. The van der Waals surface area contributed by atoms with Crippen molar-refractivity contribution in [2.75, 3.05) is 5.73 Å². The maximum Gasteiger partial charge on any atom is 0.405 e. The first-order chi connectivity index (χ1) is 14.2. The van der Waals surface area contributed by atoms with Crippen LogP contribution in [0.3, 0.4) is 0 Å². The van der Waals surface area contributed by atoms with Crippen molar-refractivity contribution in [3.63, 3.8) is 0 Å². The Labute approximate surface area is 173 Å². The molecule has 1 heterocycles. The number of carboxylic acid groups (broad SMARTS) is 1. The Hall–Kier alpha value is -3.45. The minimum absolute atomic E-state index is 0.0952. The number of aromatic nitrogens is 1. The maximum atomic E-state index is 15.2. The number of nitrogens with one attached hydrogen (secondary N) is 1. The summed E-state index contributed by atoms with van der Waals surface area (Å²) in [4.78, 5) is 15.7. The molecule has 0 aliphatic heterocycles. The normalized spacial score (nSPS) is 22.9. The van der Waals surface area contributed by atoms with Gasteiger partial charge in [-0.2, -0.15) is 0 Å². The summed E-state index contributed by atoms with van der Waals surface area (Å²) in [5.41, 5.74) is 7.21. The fourth-order valence-corrected chi connectivity index (χ4v) is 4.40. The van der Waals surface area contributed by atoms with E-state index in [0.29, 0.717) is 16.9 Å². The number of hydrogen-bond donors (Lipinski definition) is 4. The van der Waals surface area contributed by atoms with Crippen LogP contribution in [0.1, 0.15) is 25.3 Å². The number of anilines is 1. The summed E-state index contributed by atoms with van der Waals surface area (Å²) in [5.74, 6) is -0.561. The molecule has 0 atom stereocenters. The zero-order valence-electron chi connectivity index (χ0n) is 16.4. The van der Waals surface area contributed by atoms with Crippen molar-refractivity contribution < 1.29 is 19.4 Å². The molecule has 6 nitrogen and oxygen atoms in total. The van der Waals surface area contributed by atoms with Gasteiger partial charge in [0.2, 0.25) is 0 Å². The average molecular weight is 407 g/mol. The molecule has 0 saturated heterocycles. The Bertz CT molecular complexity index is 1110. The van der Waals surface area contributed by atoms with Gasteiger partial charge >= 0.3 is 6.09 Å². The number of halogens is 1. The van der Waals surface area contributed by atoms with Crippen LogP contribution in [-0.4, -0.2) is 26.9 Å². The molecule has 1 aliphatic rings. The second-order valence-electron chi connectivity index (χ2n) is 8.09. The molecule has 2 aromatic carbocycles. The molecule has 1 saturated carbocycles. The van der Waals surface area contributed by atoms with E-state index in [1.165, 1.54) is 12.3 Å². The zero-order chi connectivity index (χ0) is 21.5. The van der Waals surface area contributed by atoms with Crippen molar-refractivity contribution >= 4 is 11.8 Å². The molecule has 7 heteroatoms. The number of nitrogen functional groups attached to an aromatic ring is 1. The summed E-state index contributed by atoms with van der Waals surface area (Å²) >= 11 is 0. The van der Waals surface area contributed by atoms with Crippen LogP contribution >= 0.6 is 0 Å². The lowest BCUT2D eigenvalue weighted by atomic mass is 9.62. The molecule has 3 aromatic rings. The minimum atomic E-state index is -1.26. The molecular weight excluding hydrogens is 385 g/mol. The molecule has 5 N–H and O–H groups in total. The van der Waals surface area contributed by atoms with Crippen LogP contribution in [0.25, 0.3) is 22.4 Å². The minimum Gasteiger partial charge on any atom is -0.465 e. The van der Waals surface area contributed by atoms with E-state index in [9.17, 15) is 15.0 Å². The van der Waals surface area contributed by atoms with E-state index in [1.807, 2.05) is 30.3 Å². The van der Waals surface area contributed by atoms with E-state index < -0.39 is 23.1 Å². The first kappa shape index (κ1) is 19.8. The monoisotopic (exact) mass is 407 g/mol. The summed E-state index contributed by atoms with van der Waals surface area (Å²) in [6, 6.07) is 16.0. The molecule has 0 unspecified atom stereocenters. The second kappa shape index (κ2) is 7.11. The number of carbonyl (C=O) groups is 1. The van der Waals surface area contributed by atoms with Gasteiger partial charge in [0.05, 0.1) is 28.7 Å². The van der Waals surface area contributed by atoms with E-state index in [0.717, 1.165) is 11.1 Å². The molecule has 1 aliphatic carbocycles. The van der Waals surface area contributed by atoms with Crippen LogP contribution in [-0.2, 0) is 5.54 Å². The predicted octanol–water partition coefficient (Wildman–Crippen LogP) is 4.14. The van der Waals surface area contributed by atoms with E-state index >= 15 is 4.39 Å². The standard InChI is InChI=1S/C23H22FN3O3/c1-22(30)12-23(13-22,27-21(28)29)18-8-7-15(9-19(18)24)20-17(10-16(25)11-26-20)14-5-3-2-4-6-14/h2-11,27,30H,12-13,25H2,1H3,(H,28,29)/t22-,23-. The van der Waals surface area contributed by atoms with Crippen LogP contribution < -0.4 is 11.1 Å². The molecule has 4 rings (SSSR count). The van der Waals surface area contributed by atoms with Gasteiger partial charge in [0.1, 0.15) is 5.82 Å². The summed E-state index contributed by atoms with van der Waals surface area (Å²) in [6.45, 7) is 1.60. The molecule has 30 heavy (non-hydrogen) atoms. The molecule has 0 radical (unpaired) electrons. The van der Waals surface area contributed by atoms with E-state index in [2.05, 4.69) is 10.3 Å². The van der Waals surface area contributed by atoms with Crippen molar-refractivity contribution in [1.29, 1.82) is 0 Å². The lowest BCUT2D eigenvalue weighted by molar-refractivity contribution is -0.0869. The SMILES string of the molecule is C[C@]1(O)C[C@@](NC(=O)O)(c2ccc(-c3ncc(N)cc3-c3ccccc3)cc2F)C1. The van der Waals surface area contributed by atoms with Crippen molar-refractivity contribution in [1.82, 2.24) is 10.3 Å². The van der Waals surface area contributed by atoms with Crippen LogP contribution in [0.2, 0.25) is 0 Å². The van der Waals surface area contributed by atoms with Gasteiger partial charge in [0.15, 0.2) is 0 Å². The van der Waals surface area contributed by atoms with Gasteiger partial charge in [-0.15, -0.1) is 0 Å². The Kier molecular flexibility index (Phi) is 4.70. The van der Waals surface area contributed by atoms with Gasteiger partial charge in [-0.1, -0.05) is 42.5 Å². The summed E-state index contributed by atoms with van der Waals surface area (Å²) in [5, 5.41) is 21.8. The molecule has 0 bridgehead atoms. The van der Waals surface area contributed by atoms with Crippen LogP contribution in [0.5, 0.6) is 0 Å². The van der Waals surface area contributed by atoms with Gasteiger partial charge < -0.3 is 21.3 Å². The van der Waals surface area contributed by atoms with Gasteiger partial charge in [-0.3, -0.25) is 4.98 Å². The number of benzene rings is 2. The lowest BCUT2D eigenvalue weighted by Crippen LogP contribution is -2.62. The topological polar surface area (TPSA) is 108 Å². The molecule has 154 valence electrons. The average Bonchev–Trinajstić information content (AvgIpc) is 2.66. The largest absolute Gasteiger partial charge is 0.465 e. The molecule has 1 fully saturated rings. The van der Waals surface area contributed by atoms with Gasteiger partial charge in [-0.05, 0) is 24.6 Å². The highest BCUT2D eigenvalue weighted by Crippen LogP contribution is 2.49. The zero-order valence-corrected chi connectivity index (χ0v) is 16.4. The molecule has 1 aromatic heterocycles. The number of nitrogens with zero attached hydrogens (tertiary/aromatic N) is 1. The maximum absolute atomic E-state index is 15.2. The molecule has 1 amide bonds. The highest BCUT2D eigenvalue weighted by Gasteiger charge is 2.54. The summed E-state index contributed by atoms with van der Waals surface area (Å²) in [6.07, 6.45) is 0.445. The van der Waals surface area contributed by atoms with E-state index in [-0.39, 0.29) is 18.4 Å². The van der Waals surface area contributed by atoms with Crippen LogP contribution in [0.15, 0.2) is 60.8 Å². The number of amides is 1. The third-order valence-electron chi connectivity index (χ3n) is 5.46. The predicted molar refractivity (Wildman–Crippen MR) is 112 cm³/mol. The van der Waals surface area contributed by atoms with Crippen LogP contribution in [0.4, 0.5) is 14.9 Å². The number of hydrogen-bond acceptors (Lipinski definition) is 4.